The number of nitrogens with two attached hydrogens (primary N) is 1. The smallest absolute Gasteiger partial charge is 0.150 e. The summed E-state index contributed by atoms with van der Waals surface area (Å²) >= 11 is 0. The van der Waals surface area contributed by atoms with E-state index in [4.69, 9.17) is 10.3 Å². The molecule has 1 aromatic heterocycles. The molecule has 2 heterocycles. The Kier molecular flexibility index (Phi) is 3.07. The third-order valence-electron chi connectivity index (χ3n) is 3.11. The van der Waals surface area contributed by atoms with E-state index in [1.165, 1.54) is 6.42 Å². The topological polar surface area (TPSA) is 55.3 Å². The van der Waals surface area contributed by atoms with Crippen LogP contribution in [0.4, 0.5) is 0 Å². The highest BCUT2D eigenvalue weighted by atomic mass is 16.5. The molecule has 2 unspecified atom stereocenters. The second kappa shape index (κ2) is 4.33. The Labute approximate surface area is 90.4 Å². The first-order chi connectivity index (χ1) is 7.15. The molecule has 1 aromatic rings. The Morgan fingerprint density at radius 2 is 2.53 bits per heavy atom. The van der Waals surface area contributed by atoms with Crippen LogP contribution in [0.3, 0.4) is 0 Å². The Hall–Kier alpha value is -0.870. The number of aromatic nitrogens is 1. The van der Waals surface area contributed by atoms with E-state index >= 15 is 0 Å². The van der Waals surface area contributed by atoms with E-state index in [9.17, 15) is 0 Å². The third kappa shape index (κ3) is 2.58. The van der Waals surface area contributed by atoms with Crippen molar-refractivity contribution in [1.29, 1.82) is 0 Å². The molecule has 1 saturated heterocycles. The summed E-state index contributed by atoms with van der Waals surface area (Å²) in [5.41, 5.74) is 6.85. The van der Waals surface area contributed by atoms with E-state index < -0.39 is 0 Å². The minimum absolute atomic E-state index is 0.298. The van der Waals surface area contributed by atoms with E-state index in [0.717, 1.165) is 31.1 Å². The largest absolute Gasteiger partial charge is 0.360 e. The van der Waals surface area contributed by atoms with Gasteiger partial charge in [-0.05, 0) is 32.7 Å². The summed E-state index contributed by atoms with van der Waals surface area (Å²) in [5, 5.41) is 3.89. The van der Waals surface area contributed by atoms with E-state index in [1.54, 1.807) is 0 Å². The summed E-state index contributed by atoms with van der Waals surface area (Å²) in [6.45, 7) is 7.10. The van der Waals surface area contributed by atoms with E-state index in [1.807, 2.05) is 13.0 Å². The Balaban J connectivity index is 1.87. The van der Waals surface area contributed by atoms with E-state index in [2.05, 4.69) is 17.0 Å². The second-order valence-electron chi connectivity index (χ2n) is 4.58. The molecule has 2 N–H and O–H groups in total. The molecule has 1 aliphatic rings. The lowest BCUT2D eigenvalue weighted by Crippen LogP contribution is -2.29. The minimum Gasteiger partial charge on any atom is -0.360 e. The SMILES string of the molecule is Cc1cc(CN2CCC(C(C)N)C2)on1. The van der Waals surface area contributed by atoms with Gasteiger partial charge in [0.25, 0.3) is 0 Å². The molecular weight excluding hydrogens is 190 g/mol. The molecule has 4 heteroatoms. The first kappa shape index (κ1) is 10.6. The molecule has 1 fully saturated rings. The molecule has 2 atom stereocenters. The van der Waals surface area contributed by atoms with Gasteiger partial charge in [-0.25, -0.2) is 0 Å². The number of nitrogens with zero attached hydrogens (tertiary/aromatic N) is 2. The van der Waals surface area contributed by atoms with Gasteiger partial charge in [0.15, 0.2) is 5.76 Å². The van der Waals surface area contributed by atoms with Gasteiger partial charge in [-0.1, -0.05) is 5.16 Å². The first-order valence-electron chi connectivity index (χ1n) is 5.55. The van der Waals surface area contributed by atoms with Crippen LogP contribution < -0.4 is 5.73 Å². The fourth-order valence-corrected chi connectivity index (χ4v) is 2.15. The fraction of sp³-hybridized carbons (Fsp3) is 0.727. The lowest BCUT2D eigenvalue weighted by Gasteiger charge is -2.16. The fourth-order valence-electron chi connectivity index (χ4n) is 2.15. The Morgan fingerprint density at radius 3 is 3.07 bits per heavy atom. The number of aryl methyl sites for hydroxylation is 1. The number of likely N-dealkylation sites (tertiary alicyclic amines) is 1. The summed E-state index contributed by atoms with van der Waals surface area (Å²) in [7, 11) is 0. The molecule has 1 aliphatic heterocycles. The number of hydrogen-bond acceptors (Lipinski definition) is 4. The molecule has 0 spiro atoms. The Bertz CT molecular complexity index is 321. The molecule has 0 saturated carbocycles. The molecule has 0 aliphatic carbocycles. The molecule has 15 heavy (non-hydrogen) atoms. The van der Waals surface area contributed by atoms with Crippen molar-refractivity contribution in [3.8, 4) is 0 Å². The van der Waals surface area contributed by atoms with Crippen molar-refractivity contribution in [2.45, 2.75) is 32.9 Å². The predicted octanol–water partition coefficient (Wildman–Crippen LogP) is 1.15. The molecule has 0 aromatic carbocycles. The van der Waals surface area contributed by atoms with Crippen molar-refractivity contribution >= 4 is 0 Å². The Morgan fingerprint density at radius 1 is 1.73 bits per heavy atom. The highest BCUT2D eigenvalue weighted by molar-refractivity contribution is 5.03. The zero-order chi connectivity index (χ0) is 10.8. The summed E-state index contributed by atoms with van der Waals surface area (Å²) in [6, 6.07) is 2.30. The highest BCUT2D eigenvalue weighted by Crippen LogP contribution is 2.20. The average molecular weight is 209 g/mol. The average Bonchev–Trinajstić information content (AvgIpc) is 2.76. The summed E-state index contributed by atoms with van der Waals surface area (Å²) in [4.78, 5) is 2.38. The monoisotopic (exact) mass is 209 g/mol. The van der Waals surface area contributed by atoms with Crippen LogP contribution in [0.1, 0.15) is 24.8 Å². The van der Waals surface area contributed by atoms with Crippen LogP contribution in [0.2, 0.25) is 0 Å². The van der Waals surface area contributed by atoms with Crippen LogP contribution in [-0.2, 0) is 6.54 Å². The first-order valence-corrected chi connectivity index (χ1v) is 5.55. The van der Waals surface area contributed by atoms with Crippen LogP contribution in [0.25, 0.3) is 0 Å². The van der Waals surface area contributed by atoms with Crippen molar-refractivity contribution in [1.82, 2.24) is 10.1 Å². The van der Waals surface area contributed by atoms with Crippen LogP contribution in [0.15, 0.2) is 10.6 Å². The van der Waals surface area contributed by atoms with Crippen LogP contribution in [-0.4, -0.2) is 29.2 Å². The zero-order valence-corrected chi connectivity index (χ0v) is 9.44. The van der Waals surface area contributed by atoms with Gasteiger partial charge in [-0.3, -0.25) is 4.90 Å². The quantitative estimate of drug-likeness (QED) is 0.811. The maximum absolute atomic E-state index is 5.89. The molecule has 0 bridgehead atoms. The molecule has 0 amide bonds. The zero-order valence-electron chi connectivity index (χ0n) is 9.44. The minimum atomic E-state index is 0.298. The van der Waals surface area contributed by atoms with Crippen molar-refractivity contribution in [2.75, 3.05) is 13.1 Å². The molecule has 84 valence electrons. The summed E-state index contributed by atoms with van der Waals surface area (Å²) in [5.74, 6) is 1.59. The second-order valence-corrected chi connectivity index (χ2v) is 4.58. The van der Waals surface area contributed by atoms with Gasteiger partial charge >= 0.3 is 0 Å². The standard InChI is InChI=1S/C11H19N3O/c1-8-5-11(15-13-8)7-14-4-3-10(6-14)9(2)12/h5,9-10H,3-4,6-7,12H2,1-2H3. The van der Waals surface area contributed by atoms with Gasteiger partial charge in [0.05, 0.1) is 12.2 Å². The lowest BCUT2D eigenvalue weighted by atomic mass is 10.0. The van der Waals surface area contributed by atoms with Crippen molar-refractivity contribution in [3.05, 3.63) is 17.5 Å². The molecule has 4 nitrogen and oxygen atoms in total. The van der Waals surface area contributed by atoms with Crippen molar-refractivity contribution in [2.24, 2.45) is 11.7 Å². The summed E-state index contributed by atoms with van der Waals surface area (Å²) < 4.78 is 5.20. The van der Waals surface area contributed by atoms with Crippen LogP contribution >= 0.6 is 0 Å². The van der Waals surface area contributed by atoms with Gasteiger partial charge in [0, 0.05) is 18.7 Å². The number of rotatable bonds is 3. The van der Waals surface area contributed by atoms with Crippen LogP contribution in [0, 0.1) is 12.8 Å². The van der Waals surface area contributed by atoms with Crippen molar-refractivity contribution < 1.29 is 4.52 Å². The van der Waals surface area contributed by atoms with E-state index in [0.29, 0.717) is 12.0 Å². The normalized spacial score (nSPS) is 24.6. The summed E-state index contributed by atoms with van der Waals surface area (Å²) in [6.07, 6.45) is 1.20. The number of hydrogen-bond donors (Lipinski definition) is 1. The molecule has 2 rings (SSSR count). The van der Waals surface area contributed by atoms with Crippen LogP contribution in [0.5, 0.6) is 0 Å². The van der Waals surface area contributed by atoms with Gasteiger partial charge in [-0.2, -0.15) is 0 Å². The molecule has 0 radical (unpaired) electrons. The van der Waals surface area contributed by atoms with Gasteiger partial charge < -0.3 is 10.3 Å². The highest BCUT2D eigenvalue weighted by Gasteiger charge is 2.25. The van der Waals surface area contributed by atoms with Crippen molar-refractivity contribution in [3.63, 3.8) is 0 Å². The third-order valence-corrected chi connectivity index (χ3v) is 3.11. The van der Waals surface area contributed by atoms with Gasteiger partial charge in [0.1, 0.15) is 0 Å². The van der Waals surface area contributed by atoms with Gasteiger partial charge in [-0.15, -0.1) is 0 Å². The van der Waals surface area contributed by atoms with E-state index in [-0.39, 0.29) is 0 Å². The maximum atomic E-state index is 5.89. The van der Waals surface area contributed by atoms with Gasteiger partial charge in [0.2, 0.25) is 0 Å². The lowest BCUT2D eigenvalue weighted by molar-refractivity contribution is 0.261. The molecular formula is C11H19N3O. The predicted molar refractivity (Wildman–Crippen MR) is 58.3 cm³/mol. The maximum Gasteiger partial charge on any atom is 0.150 e.